The second-order valence-electron chi connectivity index (χ2n) is 4.71. The number of fused-ring (bicyclic) bond motifs is 1. The van der Waals surface area contributed by atoms with Crippen LogP contribution >= 0.6 is 23.2 Å². The minimum atomic E-state index is -0.262. The van der Waals surface area contributed by atoms with Gasteiger partial charge in [-0.3, -0.25) is 4.79 Å². The molecular weight excluding hydrogens is 297 g/mol. The summed E-state index contributed by atoms with van der Waals surface area (Å²) in [5.41, 5.74) is 3.65. The van der Waals surface area contributed by atoms with Crippen LogP contribution in [0.4, 0.5) is 5.69 Å². The number of aromatic nitrogens is 1. The molecule has 0 saturated heterocycles. The van der Waals surface area contributed by atoms with Gasteiger partial charge in [-0.15, -0.1) is 0 Å². The summed E-state index contributed by atoms with van der Waals surface area (Å²) in [6.45, 7) is 1.83. The molecule has 0 radical (unpaired) electrons. The van der Waals surface area contributed by atoms with E-state index in [9.17, 15) is 4.79 Å². The smallest absolute Gasteiger partial charge is 0.272 e. The SMILES string of the molecule is O=C(Nc1ccc2c(c1)CNCC2)c1cc(Cl)c(Cl)[nH]1. The summed E-state index contributed by atoms with van der Waals surface area (Å²) >= 11 is 11.6. The van der Waals surface area contributed by atoms with Crippen LogP contribution in [0.15, 0.2) is 24.3 Å². The fraction of sp³-hybridized carbons (Fsp3) is 0.214. The van der Waals surface area contributed by atoms with Gasteiger partial charge in [-0.2, -0.15) is 0 Å². The van der Waals surface area contributed by atoms with E-state index in [4.69, 9.17) is 23.2 Å². The van der Waals surface area contributed by atoms with Gasteiger partial charge in [0.15, 0.2) is 0 Å². The van der Waals surface area contributed by atoms with Gasteiger partial charge in [0.25, 0.3) is 5.91 Å². The number of nitrogens with one attached hydrogen (secondary N) is 3. The first-order valence-corrected chi connectivity index (χ1v) is 7.07. The molecule has 0 fully saturated rings. The largest absolute Gasteiger partial charge is 0.340 e. The Morgan fingerprint density at radius 3 is 2.80 bits per heavy atom. The molecule has 0 aliphatic carbocycles. The highest BCUT2D eigenvalue weighted by atomic mass is 35.5. The van der Waals surface area contributed by atoms with Crippen LogP contribution < -0.4 is 10.6 Å². The molecule has 1 amide bonds. The topological polar surface area (TPSA) is 56.9 Å². The van der Waals surface area contributed by atoms with Crippen molar-refractivity contribution in [3.05, 3.63) is 51.3 Å². The average Bonchev–Trinajstić information content (AvgIpc) is 2.79. The fourth-order valence-electron chi connectivity index (χ4n) is 2.28. The Bertz CT molecular complexity index is 647. The number of hydrogen-bond donors (Lipinski definition) is 3. The lowest BCUT2D eigenvalue weighted by Gasteiger charge is -2.18. The van der Waals surface area contributed by atoms with Gasteiger partial charge < -0.3 is 15.6 Å². The third-order valence-electron chi connectivity index (χ3n) is 3.32. The summed E-state index contributed by atoms with van der Waals surface area (Å²) in [7, 11) is 0. The lowest BCUT2D eigenvalue weighted by atomic mass is 10.0. The molecule has 3 N–H and O–H groups in total. The second-order valence-corrected chi connectivity index (χ2v) is 5.49. The van der Waals surface area contributed by atoms with Crippen LogP contribution in [-0.2, 0) is 13.0 Å². The third kappa shape index (κ3) is 2.68. The molecule has 6 heteroatoms. The molecule has 1 aromatic carbocycles. The van der Waals surface area contributed by atoms with E-state index in [0.717, 1.165) is 25.2 Å². The average molecular weight is 310 g/mol. The Balaban J connectivity index is 1.79. The van der Waals surface area contributed by atoms with E-state index in [2.05, 4.69) is 21.7 Å². The minimum Gasteiger partial charge on any atom is -0.340 e. The van der Waals surface area contributed by atoms with E-state index in [1.165, 1.54) is 17.2 Å². The molecule has 0 spiro atoms. The molecule has 104 valence electrons. The molecule has 1 aliphatic rings. The number of rotatable bonds is 2. The van der Waals surface area contributed by atoms with Crippen molar-refractivity contribution in [1.29, 1.82) is 0 Å². The van der Waals surface area contributed by atoms with Crippen molar-refractivity contribution >= 4 is 34.8 Å². The normalized spacial score (nSPS) is 13.9. The van der Waals surface area contributed by atoms with E-state index >= 15 is 0 Å². The van der Waals surface area contributed by atoms with Gasteiger partial charge in [0.2, 0.25) is 0 Å². The molecular formula is C14H13Cl2N3O. The van der Waals surface area contributed by atoms with Gasteiger partial charge >= 0.3 is 0 Å². The zero-order chi connectivity index (χ0) is 14.1. The number of aromatic amines is 1. The predicted octanol–water partition coefficient (Wildman–Crippen LogP) is 3.22. The van der Waals surface area contributed by atoms with Crippen molar-refractivity contribution in [3.8, 4) is 0 Å². The Hall–Kier alpha value is -1.49. The number of carbonyl (C=O) groups excluding carboxylic acids is 1. The fourth-order valence-corrected chi connectivity index (χ4v) is 2.60. The Kier molecular flexibility index (Phi) is 3.70. The number of anilines is 1. The molecule has 2 aromatic rings. The van der Waals surface area contributed by atoms with Crippen molar-refractivity contribution < 1.29 is 4.79 Å². The Labute approximate surface area is 126 Å². The van der Waals surface area contributed by atoms with Gasteiger partial charge in [-0.05, 0) is 42.3 Å². The highest BCUT2D eigenvalue weighted by Crippen LogP contribution is 2.23. The van der Waals surface area contributed by atoms with Gasteiger partial charge in [0.05, 0.1) is 5.02 Å². The van der Waals surface area contributed by atoms with Gasteiger partial charge in [0.1, 0.15) is 10.8 Å². The van der Waals surface area contributed by atoms with E-state index in [1.54, 1.807) is 0 Å². The molecule has 0 bridgehead atoms. The highest BCUT2D eigenvalue weighted by Gasteiger charge is 2.13. The number of H-pyrrole nitrogens is 1. The monoisotopic (exact) mass is 309 g/mol. The lowest BCUT2D eigenvalue weighted by molar-refractivity contribution is 0.102. The maximum absolute atomic E-state index is 12.1. The number of benzene rings is 1. The first-order chi connectivity index (χ1) is 9.63. The van der Waals surface area contributed by atoms with Gasteiger partial charge in [-0.25, -0.2) is 0 Å². The summed E-state index contributed by atoms with van der Waals surface area (Å²) in [4.78, 5) is 14.8. The first kappa shape index (κ1) is 13.5. The van der Waals surface area contributed by atoms with Crippen molar-refractivity contribution in [2.24, 2.45) is 0 Å². The molecule has 20 heavy (non-hydrogen) atoms. The van der Waals surface area contributed by atoms with Crippen molar-refractivity contribution in [3.63, 3.8) is 0 Å². The van der Waals surface area contributed by atoms with Crippen molar-refractivity contribution in [2.75, 3.05) is 11.9 Å². The standard InChI is InChI=1S/C14H13Cl2N3O/c15-11-6-12(19-13(11)16)14(20)18-10-2-1-8-3-4-17-7-9(8)5-10/h1-2,5-6,17,19H,3-4,7H2,(H,18,20). The van der Waals surface area contributed by atoms with Crippen molar-refractivity contribution in [1.82, 2.24) is 10.3 Å². The zero-order valence-corrected chi connectivity index (χ0v) is 12.1. The van der Waals surface area contributed by atoms with Crippen LogP contribution in [0.25, 0.3) is 0 Å². The number of carbonyl (C=O) groups is 1. The Morgan fingerprint density at radius 1 is 1.20 bits per heavy atom. The summed E-state index contributed by atoms with van der Waals surface area (Å²) < 4.78 is 0. The van der Waals surface area contributed by atoms with E-state index in [1.807, 2.05) is 12.1 Å². The number of amides is 1. The van der Waals surface area contributed by atoms with Crippen LogP contribution in [0.5, 0.6) is 0 Å². The molecule has 0 atom stereocenters. The molecule has 0 unspecified atom stereocenters. The predicted molar refractivity (Wildman–Crippen MR) is 80.6 cm³/mol. The number of hydrogen-bond acceptors (Lipinski definition) is 2. The second kappa shape index (κ2) is 5.48. The molecule has 1 aromatic heterocycles. The van der Waals surface area contributed by atoms with E-state index < -0.39 is 0 Å². The maximum Gasteiger partial charge on any atom is 0.272 e. The van der Waals surface area contributed by atoms with Crippen LogP contribution in [0.3, 0.4) is 0 Å². The summed E-state index contributed by atoms with van der Waals surface area (Å²) in [5, 5.41) is 6.75. The molecule has 3 rings (SSSR count). The van der Waals surface area contributed by atoms with Gasteiger partial charge in [0, 0.05) is 12.2 Å². The molecule has 4 nitrogen and oxygen atoms in total. The maximum atomic E-state index is 12.1. The summed E-state index contributed by atoms with van der Waals surface area (Å²) in [6.07, 6.45) is 1.02. The van der Waals surface area contributed by atoms with Crippen LogP contribution in [0.1, 0.15) is 21.6 Å². The lowest BCUT2D eigenvalue weighted by Crippen LogP contribution is -2.23. The zero-order valence-electron chi connectivity index (χ0n) is 10.6. The molecule has 0 saturated carbocycles. The minimum absolute atomic E-state index is 0.262. The van der Waals surface area contributed by atoms with Crippen molar-refractivity contribution in [2.45, 2.75) is 13.0 Å². The van der Waals surface area contributed by atoms with Crippen LogP contribution in [-0.4, -0.2) is 17.4 Å². The third-order valence-corrected chi connectivity index (χ3v) is 4.01. The first-order valence-electron chi connectivity index (χ1n) is 6.31. The molecule has 2 heterocycles. The van der Waals surface area contributed by atoms with Crippen LogP contribution in [0, 0.1) is 0 Å². The highest BCUT2D eigenvalue weighted by molar-refractivity contribution is 6.41. The number of halogens is 2. The van der Waals surface area contributed by atoms with E-state index in [-0.39, 0.29) is 11.1 Å². The van der Waals surface area contributed by atoms with Gasteiger partial charge in [-0.1, -0.05) is 29.3 Å². The summed E-state index contributed by atoms with van der Waals surface area (Å²) in [6, 6.07) is 7.47. The summed E-state index contributed by atoms with van der Waals surface area (Å²) in [5.74, 6) is -0.262. The Morgan fingerprint density at radius 2 is 2.05 bits per heavy atom. The molecule has 1 aliphatic heterocycles. The van der Waals surface area contributed by atoms with Crippen LogP contribution in [0.2, 0.25) is 10.2 Å². The quantitative estimate of drug-likeness (QED) is 0.798. The van der Waals surface area contributed by atoms with E-state index in [0.29, 0.717) is 10.7 Å².